The molecule has 0 bridgehead atoms. The average molecular weight is 388 g/mol. The van der Waals surface area contributed by atoms with Gasteiger partial charge in [0.1, 0.15) is 5.75 Å². The standard InChI is InChI=1S/C19H18ClN3O2S/c1-13-2-5-16(6-3-13)23-18(24)12-25-17-7-4-15(20)10-14(17)11-22-19-21-8-9-26-19/h2-10H,11-12H2,1H3,(H,21,22)(H,23,24). The highest BCUT2D eigenvalue weighted by molar-refractivity contribution is 7.13. The first-order valence-corrected chi connectivity index (χ1v) is 9.27. The number of aromatic nitrogens is 1. The third-order valence-electron chi connectivity index (χ3n) is 3.58. The lowest BCUT2D eigenvalue weighted by molar-refractivity contribution is -0.118. The van der Waals surface area contributed by atoms with E-state index in [2.05, 4.69) is 15.6 Å². The van der Waals surface area contributed by atoms with E-state index in [0.29, 0.717) is 17.3 Å². The predicted octanol–water partition coefficient (Wildman–Crippen LogP) is 4.73. The van der Waals surface area contributed by atoms with Crippen molar-refractivity contribution < 1.29 is 9.53 Å². The maximum absolute atomic E-state index is 12.1. The smallest absolute Gasteiger partial charge is 0.262 e. The summed E-state index contributed by atoms with van der Waals surface area (Å²) in [4.78, 5) is 16.3. The summed E-state index contributed by atoms with van der Waals surface area (Å²) < 4.78 is 5.69. The van der Waals surface area contributed by atoms with Crippen molar-refractivity contribution in [3.63, 3.8) is 0 Å². The number of hydrogen-bond acceptors (Lipinski definition) is 5. The zero-order valence-electron chi connectivity index (χ0n) is 14.2. The van der Waals surface area contributed by atoms with Gasteiger partial charge in [0.15, 0.2) is 11.7 Å². The van der Waals surface area contributed by atoms with Gasteiger partial charge in [0.05, 0.1) is 0 Å². The van der Waals surface area contributed by atoms with E-state index >= 15 is 0 Å². The molecule has 0 spiro atoms. The van der Waals surface area contributed by atoms with Crippen LogP contribution in [-0.4, -0.2) is 17.5 Å². The second-order valence-electron chi connectivity index (χ2n) is 5.65. The minimum Gasteiger partial charge on any atom is -0.483 e. The number of aryl methyl sites for hydroxylation is 1. The lowest BCUT2D eigenvalue weighted by Crippen LogP contribution is -2.20. The fourth-order valence-corrected chi connectivity index (χ4v) is 3.01. The van der Waals surface area contributed by atoms with E-state index in [-0.39, 0.29) is 12.5 Å². The van der Waals surface area contributed by atoms with Gasteiger partial charge >= 0.3 is 0 Å². The second-order valence-corrected chi connectivity index (χ2v) is 6.98. The van der Waals surface area contributed by atoms with Crippen LogP contribution in [0.5, 0.6) is 5.75 Å². The van der Waals surface area contributed by atoms with Crippen molar-refractivity contribution >= 4 is 39.7 Å². The Bertz CT molecular complexity index is 867. The van der Waals surface area contributed by atoms with E-state index in [0.717, 1.165) is 21.9 Å². The summed E-state index contributed by atoms with van der Waals surface area (Å²) in [5.41, 5.74) is 2.74. The molecule has 0 saturated heterocycles. The quantitative estimate of drug-likeness (QED) is 0.615. The van der Waals surface area contributed by atoms with Crippen LogP contribution >= 0.6 is 22.9 Å². The van der Waals surface area contributed by atoms with Gasteiger partial charge in [0, 0.05) is 34.4 Å². The van der Waals surface area contributed by atoms with E-state index in [1.54, 1.807) is 18.3 Å². The molecule has 3 rings (SSSR count). The summed E-state index contributed by atoms with van der Waals surface area (Å²) in [6.07, 6.45) is 1.73. The molecule has 5 nitrogen and oxygen atoms in total. The number of thiazole rings is 1. The molecule has 0 aliphatic carbocycles. The first-order chi connectivity index (χ1) is 12.6. The molecule has 1 heterocycles. The maximum Gasteiger partial charge on any atom is 0.262 e. The van der Waals surface area contributed by atoms with Gasteiger partial charge in [0.25, 0.3) is 5.91 Å². The molecular formula is C19H18ClN3O2S. The number of carbonyl (C=O) groups excluding carboxylic acids is 1. The van der Waals surface area contributed by atoms with Crippen molar-refractivity contribution in [2.75, 3.05) is 17.2 Å². The van der Waals surface area contributed by atoms with Gasteiger partial charge in [-0.05, 0) is 37.3 Å². The zero-order chi connectivity index (χ0) is 18.4. The molecule has 1 aromatic heterocycles. The van der Waals surface area contributed by atoms with Crippen LogP contribution in [0, 0.1) is 6.92 Å². The summed E-state index contributed by atoms with van der Waals surface area (Å²) in [6.45, 7) is 2.42. The monoisotopic (exact) mass is 387 g/mol. The number of hydrogen-bond donors (Lipinski definition) is 2. The summed E-state index contributed by atoms with van der Waals surface area (Å²) in [5, 5.41) is 9.34. The number of carbonyl (C=O) groups is 1. The number of rotatable bonds is 7. The van der Waals surface area contributed by atoms with Gasteiger partial charge in [-0.2, -0.15) is 0 Å². The Morgan fingerprint density at radius 2 is 2.04 bits per heavy atom. The van der Waals surface area contributed by atoms with Gasteiger partial charge in [-0.25, -0.2) is 4.98 Å². The van der Waals surface area contributed by atoms with E-state index < -0.39 is 0 Å². The molecule has 0 radical (unpaired) electrons. The molecular weight excluding hydrogens is 370 g/mol. The Labute approximate surface area is 161 Å². The molecule has 2 aromatic carbocycles. The molecule has 26 heavy (non-hydrogen) atoms. The van der Waals surface area contributed by atoms with Crippen LogP contribution in [0.3, 0.4) is 0 Å². The number of anilines is 2. The minimum atomic E-state index is -0.220. The van der Waals surface area contributed by atoms with Crippen LogP contribution in [0.1, 0.15) is 11.1 Å². The predicted molar refractivity (Wildman–Crippen MR) is 106 cm³/mol. The van der Waals surface area contributed by atoms with Crippen LogP contribution in [-0.2, 0) is 11.3 Å². The average Bonchev–Trinajstić information content (AvgIpc) is 3.14. The van der Waals surface area contributed by atoms with Crippen molar-refractivity contribution in [1.29, 1.82) is 0 Å². The normalized spacial score (nSPS) is 10.4. The number of benzene rings is 2. The molecule has 0 saturated carbocycles. The Morgan fingerprint density at radius 3 is 2.77 bits per heavy atom. The molecule has 0 aliphatic heterocycles. The summed E-state index contributed by atoms with van der Waals surface area (Å²) in [6, 6.07) is 12.9. The Hall–Kier alpha value is -2.57. The summed E-state index contributed by atoms with van der Waals surface area (Å²) in [5.74, 6) is 0.389. The molecule has 7 heteroatoms. The fourth-order valence-electron chi connectivity index (χ4n) is 2.29. The molecule has 0 aliphatic rings. The lowest BCUT2D eigenvalue weighted by Gasteiger charge is -2.13. The van der Waals surface area contributed by atoms with Gasteiger partial charge in [-0.3, -0.25) is 4.79 Å². The van der Waals surface area contributed by atoms with E-state index in [9.17, 15) is 4.79 Å². The van der Waals surface area contributed by atoms with Gasteiger partial charge in [-0.1, -0.05) is 29.3 Å². The number of ether oxygens (including phenoxy) is 1. The van der Waals surface area contributed by atoms with Crippen LogP contribution in [0.25, 0.3) is 0 Å². The topological polar surface area (TPSA) is 63.2 Å². The third kappa shape index (κ3) is 5.21. The van der Waals surface area contributed by atoms with E-state index in [1.165, 1.54) is 11.3 Å². The van der Waals surface area contributed by atoms with E-state index in [4.69, 9.17) is 16.3 Å². The van der Waals surface area contributed by atoms with Crippen LogP contribution in [0.2, 0.25) is 5.02 Å². The number of halogens is 1. The van der Waals surface area contributed by atoms with Gasteiger partial charge < -0.3 is 15.4 Å². The maximum atomic E-state index is 12.1. The third-order valence-corrected chi connectivity index (χ3v) is 4.54. The molecule has 0 unspecified atom stereocenters. The van der Waals surface area contributed by atoms with Gasteiger partial charge in [0.2, 0.25) is 0 Å². The highest BCUT2D eigenvalue weighted by atomic mass is 35.5. The number of nitrogens with one attached hydrogen (secondary N) is 2. The van der Waals surface area contributed by atoms with Crippen molar-refractivity contribution in [2.24, 2.45) is 0 Å². The molecule has 0 fully saturated rings. The summed E-state index contributed by atoms with van der Waals surface area (Å²) in [7, 11) is 0. The first-order valence-electron chi connectivity index (χ1n) is 8.01. The highest BCUT2D eigenvalue weighted by Crippen LogP contribution is 2.24. The Balaban J connectivity index is 1.59. The van der Waals surface area contributed by atoms with Crippen molar-refractivity contribution in [3.05, 3.63) is 70.2 Å². The van der Waals surface area contributed by atoms with Crippen molar-refractivity contribution in [1.82, 2.24) is 4.98 Å². The summed E-state index contributed by atoms with van der Waals surface area (Å²) >= 11 is 7.60. The van der Waals surface area contributed by atoms with Gasteiger partial charge in [-0.15, -0.1) is 11.3 Å². The zero-order valence-corrected chi connectivity index (χ0v) is 15.7. The number of amides is 1. The van der Waals surface area contributed by atoms with Crippen molar-refractivity contribution in [3.8, 4) is 5.75 Å². The first kappa shape index (κ1) is 18.2. The largest absolute Gasteiger partial charge is 0.483 e. The highest BCUT2D eigenvalue weighted by Gasteiger charge is 2.09. The second kappa shape index (κ2) is 8.69. The Morgan fingerprint density at radius 1 is 1.23 bits per heavy atom. The fraction of sp³-hybridized carbons (Fsp3) is 0.158. The van der Waals surface area contributed by atoms with Crippen LogP contribution in [0.4, 0.5) is 10.8 Å². The molecule has 3 aromatic rings. The minimum absolute atomic E-state index is 0.0836. The lowest BCUT2D eigenvalue weighted by atomic mass is 10.2. The molecule has 0 atom stereocenters. The molecule has 1 amide bonds. The Kier molecular flexibility index (Phi) is 6.09. The van der Waals surface area contributed by atoms with Crippen molar-refractivity contribution in [2.45, 2.75) is 13.5 Å². The van der Waals surface area contributed by atoms with E-state index in [1.807, 2.05) is 42.6 Å². The van der Waals surface area contributed by atoms with Crippen LogP contribution < -0.4 is 15.4 Å². The number of nitrogens with zero attached hydrogens (tertiary/aromatic N) is 1. The molecule has 2 N–H and O–H groups in total. The van der Waals surface area contributed by atoms with Crippen LogP contribution in [0.15, 0.2) is 54.0 Å². The SMILES string of the molecule is Cc1ccc(NC(=O)COc2ccc(Cl)cc2CNc2nccs2)cc1. The molecule has 134 valence electrons.